The maximum absolute atomic E-state index is 4.46. The van der Waals surface area contributed by atoms with Gasteiger partial charge in [-0.3, -0.25) is 0 Å². The Labute approximate surface area is 83.7 Å². The highest BCUT2D eigenvalue weighted by Crippen LogP contribution is 2.19. The van der Waals surface area contributed by atoms with E-state index in [2.05, 4.69) is 29.2 Å². The molecule has 0 aromatic carbocycles. The van der Waals surface area contributed by atoms with Crippen LogP contribution in [0.3, 0.4) is 0 Å². The zero-order chi connectivity index (χ0) is 9.68. The number of nitrogens with one attached hydrogen (secondary N) is 1. The molecule has 0 aliphatic carbocycles. The summed E-state index contributed by atoms with van der Waals surface area (Å²) in [6.45, 7) is 8.86. The number of aryl methyl sites for hydroxylation is 1. The van der Waals surface area contributed by atoms with E-state index in [1.165, 1.54) is 0 Å². The minimum Gasteiger partial charge on any atom is -0.309 e. The van der Waals surface area contributed by atoms with Gasteiger partial charge in [0.25, 0.3) is 0 Å². The van der Waals surface area contributed by atoms with Crippen molar-refractivity contribution < 1.29 is 0 Å². The topological polar surface area (TPSA) is 24.9 Å². The lowest BCUT2D eigenvalue weighted by atomic mass is 10.1. The summed E-state index contributed by atoms with van der Waals surface area (Å²) in [7, 11) is 0. The van der Waals surface area contributed by atoms with E-state index < -0.39 is 0 Å². The Bertz CT molecular complexity index is 268. The van der Waals surface area contributed by atoms with Crippen molar-refractivity contribution in [3.8, 4) is 0 Å². The van der Waals surface area contributed by atoms with Gasteiger partial charge in [0, 0.05) is 5.38 Å². The van der Waals surface area contributed by atoms with Gasteiger partial charge in [0.05, 0.1) is 16.7 Å². The standard InChI is InChI=1S/C10H16N2S/c1-4-6-9(11-5-2)10-7-13-8(3)12-10/h4,7,9,11H,1,5-6H2,2-3H3. The van der Waals surface area contributed by atoms with Crippen LogP contribution in [0.2, 0.25) is 0 Å². The fourth-order valence-corrected chi connectivity index (χ4v) is 1.93. The molecule has 1 N–H and O–H groups in total. The molecule has 0 fully saturated rings. The van der Waals surface area contributed by atoms with Crippen LogP contribution in [-0.2, 0) is 0 Å². The molecule has 0 amide bonds. The third kappa shape index (κ3) is 2.94. The number of thiazole rings is 1. The first-order valence-corrected chi connectivity index (χ1v) is 5.42. The highest BCUT2D eigenvalue weighted by molar-refractivity contribution is 7.09. The first-order chi connectivity index (χ1) is 6.27. The average Bonchev–Trinajstić information content (AvgIpc) is 2.51. The summed E-state index contributed by atoms with van der Waals surface area (Å²) in [6, 6.07) is 0.340. The van der Waals surface area contributed by atoms with Crippen LogP contribution in [0, 0.1) is 6.92 Å². The predicted molar refractivity (Wildman–Crippen MR) is 58.1 cm³/mol. The van der Waals surface area contributed by atoms with Crippen LogP contribution in [0.4, 0.5) is 0 Å². The lowest BCUT2D eigenvalue weighted by Crippen LogP contribution is -2.20. The van der Waals surface area contributed by atoms with Crippen LogP contribution in [0.5, 0.6) is 0 Å². The molecular formula is C10H16N2S. The second-order valence-corrected chi connectivity index (χ2v) is 3.99. The Morgan fingerprint density at radius 3 is 3.00 bits per heavy atom. The van der Waals surface area contributed by atoms with Gasteiger partial charge in [-0.25, -0.2) is 4.98 Å². The van der Waals surface area contributed by atoms with Crippen molar-refractivity contribution in [2.75, 3.05) is 6.54 Å². The van der Waals surface area contributed by atoms with E-state index in [1.807, 2.05) is 13.0 Å². The van der Waals surface area contributed by atoms with Crippen LogP contribution in [0.15, 0.2) is 18.0 Å². The summed E-state index contributed by atoms with van der Waals surface area (Å²) in [6.07, 6.45) is 2.87. The van der Waals surface area contributed by atoms with Gasteiger partial charge in [-0.05, 0) is 19.9 Å². The fraction of sp³-hybridized carbons (Fsp3) is 0.500. The van der Waals surface area contributed by atoms with Gasteiger partial charge in [-0.1, -0.05) is 13.0 Å². The molecule has 0 radical (unpaired) electrons. The molecule has 1 aromatic rings. The number of aromatic nitrogens is 1. The van der Waals surface area contributed by atoms with Gasteiger partial charge < -0.3 is 5.32 Å². The molecule has 0 bridgehead atoms. The zero-order valence-electron chi connectivity index (χ0n) is 8.21. The summed E-state index contributed by atoms with van der Waals surface area (Å²) in [5, 5.41) is 6.63. The predicted octanol–water partition coefficient (Wildman–Crippen LogP) is 2.68. The summed E-state index contributed by atoms with van der Waals surface area (Å²) >= 11 is 1.70. The Morgan fingerprint density at radius 2 is 2.54 bits per heavy atom. The molecule has 0 aliphatic heterocycles. The summed E-state index contributed by atoms with van der Waals surface area (Å²) in [4.78, 5) is 4.46. The quantitative estimate of drug-likeness (QED) is 0.732. The highest BCUT2D eigenvalue weighted by Gasteiger charge is 2.10. The third-order valence-corrected chi connectivity index (χ3v) is 2.64. The summed E-state index contributed by atoms with van der Waals surface area (Å²) < 4.78 is 0. The van der Waals surface area contributed by atoms with E-state index in [9.17, 15) is 0 Å². The van der Waals surface area contributed by atoms with Crippen molar-refractivity contribution in [2.24, 2.45) is 0 Å². The zero-order valence-corrected chi connectivity index (χ0v) is 9.03. The van der Waals surface area contributed by atoms with Gasteiger partial charge in [-0.15, -0.1) is 17.9 Å². The van der Waals surface area contributed by atoms with E-state index >= 15 is 0 Å². The molecule has 0 aliphatic rings. The number of rotatable bonds is 5. The van der Waals surface area contributed by atoms with E-state index in [4.69, 9.17) is 0 Å². The maximum atomic E-state index is 4.46. The van der Waals surface area contributed by atoms with Crippen LogP contribution >= 0.6 is 11.3 Å². The third-order valence-electron chi connectivity index (χ3n) is 1.85. The molecule has 3 heteroatoms. The molecule has 1 aromatic heterocycles. The Morgan fingerprint density at radius 1 is 1.77 bits per heavy atom. The lowest BCUT2D eigenvalue weighted by Gasteiger charge is -2.12. The Kier molecular flexibility index (Phi) is 4.12. The molecule has 1 atom stereocenters. The van der Waals surface area contributed by atoms with Crippen molar-refractivity contribution in [1.82, 2.24) is 10.3 Å². The molecular weight excluding hydrogens is 180 g/mol. The van der Waals surface area contributed by atoms with Crippen molar-refractivity contribution in [3.63, 3.8) is 0 Å². The Balaban J connectivity index is 2.68. The number of hydrogen-bond donors (Lipinski definition) is 1. The van der Waals surface area contributed by atoms with E-state index in [0.717, 1.165) is 23.7 Å². The molecule has 0 saturated heterocycles. The molecule has 2 nitrogen and oxygen atoms in total. The molecule has 72 valence electrons. The largest absolute Gasteiger partial charge is 0.309 e. The van der Waals surface area contributed by atoms with Crippen LogP contribution in [0.25, 0.3) is 0 Å². The van der Waals surface area contributed by atoms with Gasteiger partial charge in [0.15, 0.2) is 0 Å². The minimum atomic E-state index is 0.340. The second-order valence-electron chi connectivity index (χ2n) is 2.93. The maximum Gasteiger partial charge on any atom is 0.0898 e. The first-order valence-electron chi connectivity index (χ1n) is 4.54. The average molecular weight is 196 g/mol. The van der Waals surface area contributed by atoms with Crippen molar-refractivity contribution in [2.45, 2.75) is 26.3 Å². The van der Waals surface area contributed by atoms with Gasteiger partial charge in [-0.2, -0.15) is 0 Å². The van der Waals surface area contributed by atoms with E-state index in [-0.39, 0.29) is 0 Å². The van der Waals surface area contributed by atoms with Crippen LogP contribution in [-0.4, -0.2) is 11.5 Å². The SMILES string of the molecule is C=CCC(NCC)c1csc(C)n1. The lowest BCUT2D eigenvalue weighted by molar-refractivity contribution is 0.547. The molecule has 1 unspecified atom stereocenters. The summed E-state index contributed by atoms with van der Waals surface area (Å²) in [5.41, 5.74) is 1.14. The second kappa shape index (κ2) is 5.14. The fourth-order valence-electron chi connectivity index (χ4n) is 1.26. The molecule has 0 spiro atoms. The van der Waals surface area contributed by atoms with Gasteiger partial charge >= 0.3 is 0 Å². The van der Waals surface area contributed by atoms with Crippen molar-refractivity contribution in [1.29, 1.82) is 0 Å². The summed E-state index contributed by atoms with van der Waals surface area (Å²) in [5.74, 6) is 0. The monoisotopic (exact) mass is 196 g/mol. The molecule has 0 saturated carbocycles. The van der Waals surface area contributed by atoms with Gasteiger partial charge in [0.2, 0.25) is 0 Å². The number of nitrogens with zero attached hydrogens (tertiary/aromatic N) is 1. The van der Waals surface area contributed by atoms with Crippen LogP contribution < -0.4 is 5.32 Å². The van der Waals surface area contributed by atoms with Crippen molar-refractivity contribution >= 4 is 11.3 Å². The van der Waals surface area contributed by atoms with Gasteiger partial charge in [0.1, 0.15) is 0 Å². The first kappa shape index (κ1) is 10.4. The van der Waals surface area contributed by atoms with Crippen LogP contribution in [0.1, 0.15) is 30.1 Å². The van der Waals surface area contributed by atoms with Crippen molar-refractivity contribution in [3.05, 3.63) is 28.7 Å². The van der Waals surface area contributed by atoms with E-state index in [0.29, 0.717) is 6.04 Å². The Hall–Kier alpha value is -0.670. The highest BCUT2D eigenvalue weighted by atomic mass is 32.1. The molecule has 1 heterocycles. The van der Waals surface area contributed by atoms with E-state index in [1.54, 1.807) is 11.3 Å². The smallest absolute Gasteiger partial charge is 0.0898 e. The normalized spacial score (nSPS) is 12.8. The minimum absolute atomic E-state index is 0.340. The molecule has 13 heavy (non-hydrogen) atoms. The molecule has 1 rings (SSSR count). The number of hydrogen-bond acceptors (Lipinski definition) is 3.